The lowest BCUT2D eigenvalue weighted by molar-refractivity contribution is 0.0661. The number of hydrogen-bond acceptors (Lipinski definition) is 6. The average Bonchev–Trinajstić information content (AvgIpc) is 2.91. The fraction of sp³-hybridized carbons (Fsp3) is 0.480. The summed E-state index contributed by atoms with van der Waals surface area (Å²) in [7, 11) is 3.11. The van der Waals surface area contributed by atoms with E-state index in [2.05, 4.69) is 15.2 Å². The van der Waals surface area contributed by atoms with Crippen LogP contribution in [0, 0.1) is 0 Å². The van der Waals surface area contributed by atoms with E-state index in [9.17, 15) is 9.59 Å². The average molecular weight is 468 g/mol. The number of methoxy groups -OCH3 is 2. The first-order valence-corrected chi connectivity index (χ1v) is 11.8. The second kappa shape index (κ2) is 11.1. The molecule has 0 unspecified atom stereocenters. The van der Waals surface area contributed by atoms with Crippen LogP contribution < -0.4 is 19.7 Å². The van der Waals surface area contributed by atoms with Crippen LogP contribution in [0.25, 0.3) is 0 Å². The van der Waals surface area contributed by atoms with Gasteiger partial charge in [-0.3, -0.25) is 4.79 Å². The first-order valence-electron chi connectivity index (χ1n) is 11.8. The zero-order valence-electron chi connectivity index (χ0n) is 20.0. The first-order chi connectivity index (χ1) is 16.6. The van der Waals surface area contributed by atoms with Crippen molar-refractivity contribution in [1.29, 1.82) is 0 Å². The van der Waals surface area contributed by atoms with Crippen molar-refractivity contribution in [3.8, 4) is 11.5 Å². The standard InChI is InChI=1S/C25H33N5O4/c1-33-20-8-9-21(22(17-20)34-2)24(31)29-13-15-30(16-14-29)25(32)27-18-19-7-6-10-26-23(19)28-11-4-3-5-12-28/h6-10,17H,3-5,11-16,18H2,1-2H3,(H,27,32). The summed E-state index contributed by atoms with van der Waals surface area (Å²) in [5.41, 5.74) is 1.51. The summed E-state index contributed by atoms with van der Waals surface area (Å²) in [6.07, 6.45) is 5.42. The van der Waals surface area contributed by atoms with Crippen LogP contribution >= 0.6 is 0 Å². The number of urea groups is 1. The van der Waals surface area contributed by atoms with E-state index < -0.39 is 0 Å². The molecular formula is C25H33N5O4. The highest BCUT2D eigenvalue weighted by molar-refractivity contribution is 5.97. The molecule has 1 aromatic heterocycles. The number of piperidine rings is 1. The van der Waals surface area contributed by atoms with Gasteiger partial charge < -0.3 is 29.5 Å². The molecule has 0 aliphatic carbocycles. The number of benzene rings is 1. The molecule has 34 heavy (non-hydrogen) atoms. The molecule has 3 amide bonds. The van der Waals surface area contributed by atoms with Crippen LogP contribution in [0.1, 0.15) is 35.2 Å². The molecule has 182 valence electrons. The van der Waals surface area contributed by atoms with Crippen LogP contribution in [0.3, 0.4) is 0 Å². The number of hydrogen-bond donors (Lipinski definition) is 1. The Morgan fingerprint density at radius 1 is 0.941 bits per heavy atom. The van der Waals surface area contributed by atoms with E-state index in [0.29, 0.717) is 49.8 Å². The fourth-order valence-corrected chi connectivity index (χ4v) is 4.50. The molecule has 2 aromatic rings. The number of piperazine rings is 1. The molecule has 0 bridgehead atoms. The summed E-state index contributed by atoms with van der Waals surface area (Å²) in [5, 5.41) is 3.04. The maximum absolute atomic E-state index is 13.0. The van der Waals surface area contributed by atoms with Gasteiger partial charge >= 0.3 is 6.03 Å². The van der Waals surface area contributed by atoms with Crippen molar-refractivity contribution in [2.75, 3.05) is 58.4 Å². The Hall–Kier alpha value is -3.49. The lowest BCUT2D eigenvalue weighted by Crippen LogP contribution is -2.53. The molecular weight excluding hydrogens is 434 g/mol. The number of amides is 3. The van der Waals surface area contributed by atoms with Crippen LogP contribution in [0.4, 0.5) is 10.6 Å². The number of carbonyl (C=O) groups excluding carboxylic acids is 2. The molecule has 0 saturated carbocycles. The summed E-state index contributed by atoms with van der Waals surface area (Å²) >= 11 is 0. The van der Waals surface area contributed by atoms with Gasteiger partial charge in [-0.15, -0.1) is 0 Å². The molecule has 2 fully saturated rings. The highest BCUT2D eigenvalue weighted by atomic mass is 16.5. The Bertz CT molecular complexity index is 1000. The third kappa shape index (κ3) is 5.35. The normalized spacial score (nSPS) is 16.2. The lowest BCUT2D eigenvalue weighted by atomic mass is 10.1. The number of nitrogens with one attached hydrogen (secondary N) is 1. The summed E-state index contributed by atoms with van der Waals surface area (Å²) in [5.74, 6) is 1.96. The molecule has 4 rings (SSSR count). The molecule has 2 aliphatic heterocycles. The van der Waals surface area contributed by atoms with Crippen molar-refractivity contribution < 1.29 is 19.1 Å². The van der Waals surface area contributed by atoms with Gasteiger partial charge in [0, 0.05) is 63.6 Å². The van der Waals surface area contributed by atoms with Crippen LogP contribution in [-0.2, 0) is 6.54 Å². The van der Waals surface area contributed by atoms with E-state index in [1.54, 1.807) is 35.1 Å². The topological polar surface area (TPSA) is 87.2 Å². The van der Waals surface area contributed by atoms with Crippen molar-refractivity contribution >= 4 is 17.8 Å². The fourth-order valence-electron chi connectivity index (χ4n) is 4.50. The smallest absolute Gasteiger partial charge is 0.317 e. The van der Waals surface area contributed by atoms with E-state index in [4.69, 9.17) is 9.47 Å². The van der Waals surface area contributed by atoms with Gasteiger partial charge in [-0.1, -0.05) is 6.07 Å². The van der Waals surface area contributed by atoms with Crippen molar-refractivity contribution in [1.82, 2.24) is 20.1 Å². The van der Waals surface area contributed by atoms with Gasteiger partial charge in [-0.25, -0.2) is 9.78 Å². The van der Waals surface area contributed by atoms with E-state index in [0.717, 1.165) is 24.5 Å². The largest absolute Gasteiger partial charge is 0.497 e. The quantitative estimate of drug-likeness (QED) is 0.703. The van der Waals surface area contributed by atoms with Crippen LogP contribution in [0.2, 0.25) is 0 Å². The van der Waals surface area contributed by atoms with E-state index >= 15 is 0 Å². The maximum atomic E-state index is 13.0. The maximum Gasteiger partial charge on any atom is 0.317 e. The van der Waals surface area contributed by atoms with Gasteiger partial charge in [-0.05, 0) is 37.5 Å². The molecule has 0 atom stereocenters. The molecule has 3 heterocycles. The highest BCUT2D eigenvalue weighted by Gasteiger charge is 2.27. The minimum Gasteiger partial charge on any atom is -0.497 e. The molecule has 0 radical (unpaired) electrons. The number of aromatic nitrogens is 1. The summed E-state index contributed by atoms with van der Waals surface area (Å²) < 4.78 is 10.6. The Morgan fingerprint density at radius 3 is 2.38 bits per heavy atom. The second-order valence-electron chi connectivity index (χ2n) is 8.54. The van der Waals surface area contributed by atoms with Crippen molar-refractivity contribution in [2.45, 2.75) is 25.8 Å². The predicted octanol–water partition coefficient (Wildman–Crippen LogP) is 2.76. The molecule has 2 saturated heterocycles. The minimum absolute atomic E-state index is 0.110. The van der Waals surface area contributed by atoms with Gasteiger partial charge in [0.1, 0.15) is 17.3 Å². The Kier molecular flexibility index (Phi) is 7.72. The summed E-state index contributed by atoms with van der Waals surface area (Å²) in [4.78, 5) is 36.2. The Morgan fingerprint density at radius 2 is 1.68 bits per heavy atom. The van der Waals surface area contributed by atoms with Gasteiger partial charge in [0.2, 0.25) is 0 Å². The third-order valence-corrected chi connectivity index (χ3v) is 6.45. The molecule has 9 heteroatoms. The molecule has 1 aromatic carbocycles. The number of carbonyl (C=O) groups is 2. The van der Waals surface area contributed by atoms with Gasteiger partial charge in [0.15, 0.2) is 0 Å². The first kappa shape index (κ1) is 23.7. The van der Waals surface area contributed by atoms with Crippen molar-refractivity contribution in [3.05, 3.63) is 47.7 Å². The van der Waals surface area contributed by atoms with E-state index in [1.165, 1.54) is 26.4 Å². The summed E-state index contributed by atoms with van der Waals surface area (Å²) in [6.45, 7) is 4.32. The monoisotopic (exact) mass is 467 g/mol. The Balaban J connectivity index is 1.31. The summed E-state index contributed by atoms with van der Waals surface area (Å²) in [6, 6.07) is 8.97. The van der Waals surface area contributed by atoms with Crippen LogP contribution in [0.15, 0.2) is 36.5 Å². The van der Waals surface area contributed by atoms with Gasteiger partial charge in [0.25, 0.3) is 5.91 Å². The zero-order chi connectivity index (χ0) is 23.9. The lowest BCUT2D eigenvalue weighted by Gasteiger charge is -2.35. The molecule has 0 spiro atoms. The van der Waals surface area contributed by atoms with Crippen LogP contribution in [0.5, 0.6) is 11.5 Å². The van der Waals surface area contributed by atoms with E-state index in [-0.39, 0.29) is 11.9 Å². The molecule has 2 aliphatic rings. The predicted molar refractivity (Wildman–Crippen MR) is 130 cm³/mol. The Labute approximate surface area is 200 Å². The number of pyridine rings is 1. The second-order valence-corrected chi connectivity index (χ2v) is 8.54. The third-order valence-electron chi connectivity index (χ3n) is 6.45. The highest BCUT2D eigenvalue weighted by Crippen LogP contribution is 2.26. The van der Waals surface area contributed by atoms with Crippen molar-refractivity contribution in [3.63, 3.8) is 0 Å². The molecule has 9 nitrogen and oxygen atoms in total. The van der Waals surface area contributed by atoms with Gasteiger partial charge in [-0.2, -0.15) is 0 Å². The zero-order valence-corrected chi connectivity index (χ0v) is 20.0. The number of anilines is 1. The van der Waals surface area contributed by atoms with Crippen molar-refractivity contribution in [2.24, 2.45) is 0 Å². The van der Waals surface area contributed by atoms with Gasteiger partial charge in [0.05, 0.1) is 19.8 Å². The molecule has 1 N–H and O–H groups in total. The van der Waals surface area contributed by atoms with E-state index in [1.807, 2.05) is 18.3 Å². The number of rotatable bonds is 6. The minimum atomic E-state index is -0.123. The number of nitrogens with zero attached hydrogens (tertiary/aromatic N) is 4. The van der Waals surface area contributed by atoms with Crippen LogP contribution in [-0.4, -0.2) is 80.2 Å². The SMILES string of the molecule is COc1ccc(C(=O)N2CCN(C(=O)NCc3cccnc3N3CCCCC3)CC2)c(OC)c1. The number of ether oxygens (including phenoxy) is 2.